The summed E-state index contributed by atoms with van der Waals surface area (Å²) < 4.78 is 36.2. The fourth-order valence-electron chi connectivity index (χ4n) is 2.64. The Morgan fingerprint density at radius 2 is 2.00 bits per heavy atom. The van der Waals surface area contributed by atoms with Gasteiger partial charge < -0.3 is 9.47 Å². The van der Waals surface area contributed by atoms with E-state index >= 15 is 0 Å². The Hall–Kier alpha value is -1.93. The third-order valence-electron chi connectivity index (χ3n) is 3.91. The van der Waals surface area contributed by atoms with E-state index in [9.17, 15) is 18.0 Å². The fraction of sp³-hybridized carbons (Fsp3) is 0.467. The van der Waals surface area contributed by atoms with E-state index < -0.39 is 28.1 Å². The Morgan fingerprint density at radius 3 is 2.65 bits per heavy atom. The van der Waals surface area contributed by atoms with Crippen LogP contribution in [0.15, 0.2) is 29.2 Å². The number of ether oxygens (including phenoxy) is 2. The molecule has 124 valence electrons. The zero-order valence-corrected chi connectivity index (χ0v) is 13.3. The first-order valence-corrected chi connectivity index (χ1v) is 8.90. The summed E-state index contributed by atoms with van der Waals surface area (Å²) in [6.45, 7) is 1.20. The molecule has 2 aliphatic heterocycles. The molecule has 1 atom stereocenters. The quantitative estimate of drug-likeness (QED) is 0.759. The molecular weight excluding hydrogens is 322 g/mol. The summed E-state index contributed by atoms with van der Waals surface area (Å²) in [6.07, 6.45) is 1.08. The Balaban J connectivity index is 1.79. The van der Waals surface area contributed by atoms with Crippen LogP contribution < -0.4 is 0 Å². The number of esters is 2. The van der Waals surface area contributed by atoms with Gasteiger partial charge in [0.05, 0.1) is 17.1 Å². The second-order valence-electron chi connectivity index (χ2n) is 5.49. The highest BCUT2D eigenvalue weighted by molar-refractivity contribution is 7.89. The van der Waals surface area contributed by atoms with E-state index in [4.69, 9.17) is 9.47 Å². The molecular formula is C15H17NO6S. The van der Waals surface area contributed by atoms with Crippen LogP contribution in [0.1, 0.15) is 29.6 Å². The van der Waals surface area contributed by atoms with Gasteiger partial charge in [0.2, 0.25) is 16.1 Å². The maximum Gasteiger partial charge on any atom is 0.347 e. The minimum Gasteiger partial charge on any atom is -0.463 e. The standard InChI is InChI=1S/C15H17NO6S/c17-14(22-13-6-9-21-15(13)18)11-4-3-5-12(10-11)23(19,20)16-7-1-2-8-16/h3-5,10,13H,1-2,6-9H2/t13-/m0/s1. The number of rotatable bonds is 4. The van der Waals surface area contributed by atoms with Crippen LogP contribution in [0.2, 0.25) is 0 Å². The summed E-state index contributed by atoms with van der Waals surface area (Å²) in [4.78, 5) is 23.5. The molecule has 2 heterocycles. The molecule has 0 amide bonds. The van der Waals surface area contributed by atoms with Crippen molar-refractivity contribution < 1.29 is 27.5 Å². The average Bonchev–Trinajstić information content (AvgIpc) is 3.20. The van der Waals surface area contributed by atoms with E-state index in [0.29, 0.717) is 19.5 Å². The SMILES string of the molecule is O=C(O[C@H]1CCOC1=O)c1cccc(S(=O)(=O)N2CCCC2)c1. The van der Waals surface area contributed by atoms with E-state index in [1.807, 2.05) is 0 Å². The van der Waals surface area contributed by atoms with Gasteiger partial charge in [-0.2, -0.15) is 4.31 Å². The fourth-order valence-corrected chi connectivity index (χ4v) is 4.21. The highest BCUT2D eigenvalue weighted by Crippen LogP contribution is 2.22. The number of sulfonamides is 1. The minimum absolute atomic E-state index is 0.0582. The second-order valence-corrected chi connectivity index (χ2v) is 7.43. The number of carbonyl (C=O) groups excluding carboxylic acids is 2. The van der Waals surface area contributed by atoms with E-state index in [1.165, 1.54) is 28.6 Å². The van der Waals surface area contributed by atoms with Crippen LogP contribution in [-0.2, 0) is 24.3 Å². The van der Waals surface area contributed by atoms with Gasteiger partial charge in [-0.15, -0.1) is 0 Å². The molecule has 7 nitrogen and oxygen atoms in total. The van der Waals surface area contributed by atoms with Crippen molar-refractivity contribution in [1.82, 2.24) is 4.31 Å². The third-order valence-corrected chi connectivity index (χ3v) is 5.80. The average molecular weight is 339 g/mol. The van der Waals surface area contributed by atoms with Crippen molar-refractivity contribution in [2.45, 2.75) is 30.3 Å². The molecule has 2 fully saturated rings. The van der Waals surface area contributed by atoms with Crippen molar-refractivity contribution in [3.63, 3.8) is 0 Å². The van der Waals surface area contributed by atoms with Gasteiger partial charge in [0.15, 0.2) is 0 Å². The normalized spacial score (nSPS) is 22.1. The van der Waals surface area contributed by atoms with Crippen LogP contribution in [0.5, 0.6) is 0 Å². The van der Waals surface area contributed by atoms with Crippen LogP contribution in [0.3, 0.4) is 0 Å². The molecule has 1 aromatic carbocycles. The molecule has 2 saturated heterocycles. The first-order chi connectivity index (χ1) is 11.0. The molecule has 3 rings (SSSR count). The zero-order valence-electron chi connectivity index (χ0n) is 12.4. The lowest BCUT2D eigenvalue weighted by atomic mass is 10.2. The third kappa shape index (κ3) is 3.23. The minimum atomic E-state index is -3.60. The zero-order chi connectivity index (χ0) is 16.4. The Bertz CT molecular complexity index is 723. The first kappa shape index (κ1) is 15.9. The molecule has 0 aliphatic carbocycles. The molecule has 23 heavy (non-hydrogen) atoms. The van der Waals surface area contributed by atoms with Gasteiger partial charge in [0.1, 0.15) is 0 Å². The van der Waals surface area contributed by atoms with Crippen molar-refractivity contribution in [2.75, 3.05) is 19.7 Å². The molecule has 0 unspecified atom stereocenters. The van der Waals surface area contributed by atoms with Crippen molar-refractivity contribution in [1.29, 1.82) is 0 Å². The number of nitrogens with zero attached hydrogens (tertiary/aromatic N) is 1. The van der Waals surface area contributed by atoms with Gasteiger partial charge in [0.25, 0.3) is 0 Å². The van der Waals surface area contributed by atoms with Gasteiger partial charge in [-0.25, -0.2) is 18.0 Å². The van der Waals surface area contributed by atoms with Gasteiger partial charge in [-0.3, -0.25) is 0 Å². The van der Waals surface area contributed by atoms with E-state index in [0.717, 1.165) is 12.8 Å². The molecule has 2 aliphatic rings. The lowest BCUT2D eigenvalue weighted by molar-refractivity contribution is -0.145. The van der Waals surface area contributed by atoms with Crippen molar-refractivity contribution >= 4 is 22.0 Å². The van der Waals surface area contributed by atoms with Crippen LogP contribution in [0, 0.1) is 0 Å². The maximum atomic E-state index is 12.5. The molecule has 0 radical (unpaired) electrons. The molecule has 0 saturated carbocycles. The largest absolute Gasteiger partial charge is 0.463 e. The Morgan fingerprint density at radius 1 is 1.26 bits per heavy atom. The summed E-state index contributed by atoms with van der Waals surface area (Å²) in [6, 6.07) is 5.70. The van der Waals surface area contributed by atoms with Crippen LogP contribution >= 0.6 is 0 Å². The highest BCUT2D eigenvalue weighted by Gasteiger charge is 2.31. The van der Waals surface area contributed by atoms with Crippen LogP contribution in [0.25, 0.3) is 0 Å². The van der Waals surface area contributed by atoms with Crippen molar-refractivity contribution in [3.8, 4) is 0 Å². The summed E-state index contributed by atoms with van der Waals surface area (Å²) in [7, 11) is -3.60. The molecule has 8 heteroatoms. The molecule has 0 bridgehead atoms. The van der Waals surface area contributed by atoms with Gasteiger partial charge in [0, 0.05) is 19.5 Å². The highest BCUT2D eigenvalue weighted by atomic mass is 32.2. The van der Waals surface area contributed by atoms with Crippen molar-refractivity contribution in [3.05, 3.63) is 29.8 Å². The number of cyclic esters (lactones) is 1. The Labute approximate surface area is 134 Å². The summed E-state index contributed by atoms with van der Waals surface area (Å²) >= 11 is 0. The first-order valence-electron chi connectivity index (χ1n) is 7.46. The predicted molar refractivity (Wildman–Crippen MR) is 79.2 cm³/mol. The monoisotopic (exact) mass is 339 g/mol. The maximum absolute atomic E-state index is 12.5. The Kier molecular flexibility index (Phi) is 4.36. The summed E-state index contributed by atoms with van der Waals surface area (Å²) in [5.74, 6) is -1.30. The summed E-state index contributed by atoms with van der Waals surface area (Å²) in [5, 5.41) is 0. The van der Waals surface area contributed by atoms with Gasteiger partial charge >= 0.3 is 11.9 Å². The van der Waals surface area contributed by atoms with Crippen LogP contribution in [0.4, 0.5) is 0 Å². The van der Waals surface area contributed by atoms with Gasteiger partial charge in [-0.1, -0.05) is 6.07 Å². The lowest BCUT2D eigenvalue weighted by Gasteiger charge is -2.16. The van der Waals surface area contributed by atoms with Crippen molar-refractivity contribution in [2.24, 2.45) is 0 Å². The molecule has 0 aromatic heterocycles. The molecule has 0 spiro atoms. The van der Waals surface area contributed by atoms with Gasteiger partial charge in [-0.05, 0) is 31.0 Å². The smallest absolute Gasteiger partial charge is 0.347 e. The molecule has 1 aromatic rings. The predicted octanol–water partition coefficient (Wildman–Crippen LogP) is 0.943. The van der Waals surface area contributed by atoms with E-state index in [-0.39, 0.29) is 17.1 Å². The topological polar surface area (TPSA) is 90.0 Å². The summed E-state index contributed by atoms with van der Waals surface area (Å²) in [5.41, 5.74) is 0.102. The number of hydrogen-bond donors (Lipinski definition) is 0. The molecule has 0 N–H and O–H groups in total. The van der Waals surface area contributed by atoms with E-state index in [1.54, 1.807) is 0 Å². The second kappa shape index (κ2) is 6.29. The lowest BCUT2D eigenvalue weighted by Crippen LogP contribution is -2.28. The number of carbonyl (C=O) groups is 2. The number of hydrogen-bond acceptors (Lipinski definition) is 6. The number of benzene rings is 1. The van der Waals surface area contributed by atoms with Crippen LogP contribution in [-0.4, -0.2) is 50.5 Å². The van der Waals surface area contributed by atoms with E-state index in [2.05, 4.69) is 0 Å².